The second-order valence-electron chi connectivity index (χ2n) is 9.16. The average molecular weight is 334 g/mol. The largest absolute Gasteiger partial charge is 0.504 e. The smallest absolute Gasteiger partial charge is 0.197 e. The van der Waals surface area contributed by atoms with Gasteiger partial charge in [-0.05, 0) is 67.3 Å². The van der Waals surface area contributed by atoms with Gasteiger partial charge < -0.3 is 10.2 Å². The quantitative estimate of drug-likeness (QED) is 0.809. The number of carbonyl (C=O) groups excluding carboxylic acids is 2. The molecule has 0 aromatic carbocycles. The summed E-state index contributed by atoms with van der Waals surface area (Å²) in [7, 11) is 0. The monoisotopic (exact) mass is 334 g/mol. The standard InChI is InChI=1S/C20H30O4/c1-12-17(24)14(22)9-15-19(12,3)6-5-13-10-18(2,16(23)11-21)7-8-20(13,15)4/h13,15,21,24H,5-11H2,1-4H3. The summed E-state index contributed by atoms with van der Waals surface area (Å²) in [6.07, 6.45) is 4.85. The fourth-order valence-electron chi connectivity index (χ4n) is 6.01. The SMILES string of the molecule is CC1=C(O)C(=O)CC2C1(C)CCC1CC(C)(C(=O)CO)CCC12C. The normalized spacial score (nSPS) is 45.6. The number of aliphatic hydroxyl groups is 2. The van der Waals surface area contributed by atoms with Crippen LogP contribution in [0.3, 0.4) is 0 Å². The third-order valence-corrected chi connectivity index (χ3v) is 8.10. The van der Waals surface area contributed by atoms with Crippen molar-refractivity contribution >= 4 is 11.6 Å². The number of hydrogen-bond donors (Lipinski definition) is 2. The van der Waals surface area contributed by atoms with E-state index < -0.39 is 5.41 Å². The highest BCUT2D eigenvalue weighted by molar-refractivity contribution is 5.95. The minimum atomic E-state index is -0.432. The molecule has 0 aliphatic heterocycles. The molecule has 0 bridgehead atoms. The van der Waals surface area contributed by atoms with E-state index in [2.05, 4.69) is 13.8 Å². The van der Waals surface area contributed by atoms with E-state index >= 15 is 0 Å². The van der Waals surface area contributed by atoms with Crippen molar-refractivity contribution in [3.05, 3.63) is 11.3 Å². The van der Waals surface area contributed by atoms with Crippen molar-refractivity contribution < 1.29 is 19.8 Å². The van der Waals surface area contributed by atoms with Crippen LogP contribution in [-0.4, -0.2) is 28.4 Å². The van der Waals surface area contributed by atoms with Gasteiger partial charge in [0.25, 0.3) is 0 Å². The maximum atomic E-state index is 12.3. The lowest BCUT2D eigenvalue weighted by atomic mass is 9.42. The maximum absolute atomic E-state index is 12.3. The summed E-state index contributed by atoms with van der Waals surface area (Å²) in [4.78, 5) is 24.5. The molecular weight excluding hydrogens is 304 g/mol. The van der Waals surface area contributed by atoms with Gasteiger partial charge in [-0.1, -0.05) is 20.8 Å². The van der Waals surface area contributed by atoms with Gasteiger partial charge in [-0.15, -0.1) is 0 Å². The molecule has 2 fully saturated rings. The number of ketones is 2. The summed E-state index contributed by atoms with van der Waals surface area (Å²) < 4.78 is 0. The molecule has 0 amide bonds. The first-order valence-electron chi connectivity index (χ1n) is 9.16. The fraction of sp³-hybridized carbons (Fsp3) is 0.800. The van der Waals surface area contributed by atoms with Gasteiger partial charge in [0, 0.05) is 11.8 Å². The van der Waals surface area contributed by atoms with Crippen LogP contribution in [0.25, 0.3) is 0 Å². The summed E-state index contributed by atoms with van der Waals surface area (Å²) in [5, 5.41) is 19.5. The van der Waals surface area contributed by atoms with Gasteiger partial charge >= 0.3 is 0 Å². The highest BCUT2D eigenvalue weighted by Crippen LogP contribution is 2.66. The Morgan fingerprint density at radius 2 is 1.88 bits per heavy atom. The molecule has 3 rings (SSSR count). The number of aliphatic hydroxyl groups excluding tert-OH is 2. The van der Waals surface area contributed by atoms with E-state index in [4.69, 9.17) is 0 Å². The molecule has 2 N–H and O–H groups in total. The van der Waals surface area contributed by atoms with E-state index in [-0.39, 0.29) is 40.7 Å². The minimum absolute atomic E-state index is 0.0138. The molecule has 0 aromatic rings. The summed E-state index contributed by atoms with van der Waals surface area (Å²) in [6.45, 7) is 8.00. The van der Waals surface area contributed by atoms with Gasteiger partial charge in [-0.25, -0.2) is 0 Å². The van der Waals surface area contributed by atoms with Crippen molar-refractivity contribution in [2.45, 2.75) is 66.2 Å². The zero-order valence-corrected chi connectivity index (χ0v) is 15.3. The number of Topliss-reactive ketones (excluding diaryl/α,β-unsaturated/α-hetero) is 2. The summed E-state index contributed by atoms with van der Waals surface area (Å²) in [5.74, 6) is 0.418. The lowest BCUT2D eigenvalue weighted by Gasteiger charge is -2.61. The Bertz CT molecular complexity index is 621. The van der Waals surface area contributed by atoms with Crippen LogP contribution in [0.2, 0.25) is 0 Å². The predicted molar refractivity (Wildman–Crippen MR) is 91.4 cm³/mol. The van der Waals surface area contributed by atoms with Gasteiger partial charge in [0.15, 0.2) is 17.3 Å². The Morgan fingerprint density at radius 1 is 1.21 bits per heavy atom. The predicted octanol–water partition coefficient (Wildman–Crippen LogP) is 3.58. The minimum Gasteiger partial charge on any atom is -0.504 e. The van der Waals surface area contributed by atoms with Crippen molar-refractivity contribution in [3.8, 4) is 0 Å². The van der Waals surface area contributed by atoms with Crippen LogP contribution >= 0.6 is 0 Å². The number of rotatable bonds is 2. The topological polar surface area (TPSA) is 74.6 Å². The Labute approximate surface area is 144 Å². The molecule has 0 aromatic heterocycles. The van der Waals surface area contributed by atoms with E-state index in [9.17, 15) is 19.8 Å². The van der Waals surface area contributed by atoms with E-state index in [0.717, 1.165) is 37.7 Å². The van der Waals surface area contributed by atoms with Gasteiger partial charge in [0.1, 0.15) is 6.61 Å². The Morgan fingerprint density at radius 3 is 2.50 bits per heavy atom. The molecular formula is C20H30O4. The molecule has 2 saturated carbocycles. The van der Waals surface area contributed by atoms with Crippen LogP contribution in [0.15, 0.2) is 11.3 Å². The van der Waals surface area contributed by atoms with E-state index in [1.165, 1.54) is 0 Å². The first-order valence-corrected chi connectivity index (χ1v) is 9.16. The van der Waals surface area contributed by atoms with Crippen molar-refractivity contribution in [2.75, 3.05) is 6.61 Å². The molecule has 0 saturated heterocycles. The van der Waals surface area contributed by atoms with Crippen LogP contribution in [0, 0.1) is 28.1 Å². The number of allylic oxidation sites excluding steroid dienone is 2. The molecule has 0 heterocycles. The van der Waals surface area contributed by atoms with Crippen LogP contribution in [-0.2, 0) is 9.59 Å². The van der Waals surface area contributed by atoms with E-state index in [1.54, 1.807) is 0 Å². The zero-order valence-electron chi connectivity index (χ0n) is 15.3. The van der Waals surface area contributed by atoms with Gasteiger partial charge in [-0.3, -0.25) is 9.59 Å². The molecule has 4 nitrogen and oxygen atoms in total. The molecule has 3 aliphatic carbocycles. The fourth-order valence-corrected chi connectivity index (χ4v) is 6.01. The molecule has 24 heavy (non-hydrogen) atoms. The lowest BCUT2D eigenvalue weighted by Crippen LogP contribution is -2.56. The molecule has 4 heteroatoms. The second kappa shape index (κ2) is 5.42. The summed E-state index contributed by atoms with van der Waals surface area (Å²) in [5.41, 5.74) is 0.305. The molecule has 134 valence electrons. The van der Waals surface area contributed by atoms with Crippen LogP contribution < -0.4 is 0 Å². The summed E-state index contributed by atoms with van der Waals surface area (Å²) >= 11 is 0. The van der Waals surface area contributed by atoms with Crippen LogP contribution in [0.1, 0.15) is 66.2 Å². The first kappa shape index (κ1) is 17.7. The van der Waals surface area contributed by atoms with Gasteiger partial charge in [-0.2, -0.15) is 0 Å². The first-order chi connectivity index (χ1) is 11.1. The van der Waals surface area contributed by atoms with Gasteiger partial charge in [0.05, 0.1) is 0 Å². The zero-order chi connectivity index (χ0) is 17.9. The number of fused-ring (bicyclic) bond motifs is 3. The van der Waals surface area contributed by atoms with Crippen LogP contribution in [0.5, 0.6) is 0 Å². The highest BCUT2D eigenvalue weighted by Gasteiger charge is 2.60. The van der Waals surface area contributed by atoms with Gasteiger partial charge in [0.2, 0.25) is 0 Å². The van der Waals surface area contributed by atoms with E-state index in [1.807, 2.05) is 13.8 Å². The second-order valence-corrected chi connectivity index (χ2v) is 9.16. The van der Waals surface area contributed by atoms with Crippen molar-refractivity contribution in [2.24, 2.45) is 28.1 Å². The Balaban J connectivity index is 1.96. The highest BCUT2D eigenvalue weighted by atomic mass is 16.3. The number of hydrogen-bond acceptors (Lipinski definition) is 4. The molecule has 5 unspecified atom stereocenters. The molecule has 0 spiro atoms. The maximum Gasteiger partial charge on any atom is 0.197 e. The van der Waals surface area contributed by atoms with Crippen LogP contribution in [0.4, 0.5) is 0 Å². The van der Waals surface area contributed by atoms with Crippen molar-refractivity contribution in [3.63, 3.8) is 0 Å². The Hall–Kier alpha value is -1.16. The average Bonchev–Trinajstić information content (AvgIpc) is 2.56. The third-order valence-electron chi connectivity index (χ3n) is 8.10. The third kappa shape index (κ3) is 2.22. The molecule has 5 atom stereocenters. The van der Waals surface area contributed by atoms with Crippen molar-refractivity contribution in [1.29, 1.82) is 0 Å². The van der Waals surface area contributed by atoms with Crippen molar-refractivity contribution in [1.82, 2.24) is 0 Å². The Kier molecular flexibility index (Phi) is 3.99. The van der Waals surface area contributed by atoms with E-state index in [0.29, 0.717) is 12.3 Å². The number of carbonyl (C=O) groups is 2. The summed E-state index contributed by atoms with van der Waals surface area (Å²) in [6, 6.07) is 0. The molecule has 3 aliphatic rings. The lowest BCUT2D eigenvalue weighted by molar-refractivity contribution is -0.148. The molecule has 0 radical (unpaired) electrons.